The highest BCUT2D eigenvalue weighted by atomic mass is 15.2. The van der Waals surface area contributed by atoms with Gasteiger partial charge in [-0.15, -0.1) is 0 Å². The molecular weight excluding hydrogens is 234 g/mol. The maximum absolute atomic E-state index is 5.74. The van der Waals surface area contributed by atoms with Gasteiger partial charge in [0.25, 0.3) is 0 Å². The molecule has 0 aliphatic carbocycles. The smallest absolute Gasteiger partial charge is 0.129 e. The molecule has 0 unspecified atom stereocenters. The summed E-state index contributed by atoms with van der Waals surface area (Å²) in [5, 5.41) is 0. The van der Waals surface area contributed by atoms with Gasteiger partial charge in [-0.3, -0.25) is 0 Å². The SMILES string of the molecule is Cc1cc(CN)cc(N2CC=C(C(C)(C)C)CC2)n1. The van der Waals surface area contributed by atoms with Crippen LogP contribution in [0.25, 0.3) is 0 Å². The van der Waals surface area contributed by atoms with Crippen LogP contribution in [-0.2, 0) is 6.54 Å². The topological polar surface area (TPSA) is 42.1 Å². The molecule has 0 radical (unpaired) electrons. The van der Waals surface area contributed by atoms with E-state index in [0.717, 1.165) is 36.6 Å². The third kappa shape index (κ3) is 3.35. The first-order valence-electron chi connectivity index (χ1n) is 7.02. The first-order chi connectivity index (χ1) is 8.90. The Kier molecular flexibility index (Phi) is 3.95. The van der Waals surface area contributed by atoms with Crippen molar-refractivity contribution < 1.29 is 0 Å². The minimum absolute atomic E-state index is 0.286. The third-order valence-corrected chi connectivity index (χ3v) is 3.73. The van der Waals surface area contributed by atoms with Crippen molar-refractivity contribution in [2.24, 2.45) is 11.1 Å². The molecule has 3 nitrogen and oxygen atoms in total. The number of nitrogens with zero attached hydrogens (tertiary/aromatic N) is 2. The number of hydrogen-bond acceptors (Lipinski definition) is 3. The molecule has 0 fully saturated rings. The molecule has 0 amide bonds. The zero-order valence-corrected chi connectivity index (χ0v) is 12.5. The van der Waals surface area contributed by atoms with E-state index in [0.29, 0.717) is 6.54 Å². The molecule has 0 bridgehead atoms. The van der Waals surface area contributed by atoms with Gasteiger partial charge in [-0.25, -0.2) is 4.98 Å². The van der Waals surface area contributed by atoms with Gasteiger partial charge in [-0.1, -0.05) is 32.4 Å². The van der Waals surface area contributed by atoms with Crippen LogP contribution in [0.2, 0.25) is 0 Å². The van der Waals surface area contributed by atoms with E-state index in [4.69, 9.17) is 5.73 Å². The summed E-state index contributed by atoms with van der Waals surface area (Å²) in [4.78, 5) is 6.97. The lowest BCUT2D eigenvalue weighted by Crippen LogP contribution is -2.32. The van der Waals surface area contributed by atoms with Gasteiger partial charge in [-0.2, -0.15) is 0 Å². The molecule has 104 valence electrons. The van der Waals surface area contributed by atoms with Crippen LogP contribution in [0.4, 0.5) is 5.82 Å². The van der Waals surface area contributed by atoms with Crippen molar-refractivity contribution in [3.63, 3.8) is 0 Å². The van der Waals surface area contributed by atoms with E-state index >= 15 is 0 Å². The summed E-state index contributed by atoms with van der Waals surface area (Å²) >= 11 is 0. The summed E-state index contributed by atoms with van der Waals surface area (Å²) in [5.41, 5.74) is 9.78. The maximum Gasteiger partial charge on any atom is 0.129 e. The molecule has 0 spiro atoms. The van der Waals surface area contributed by atoms with Crippen molar-refractivity contribution in [2.45, 2.75) is 40.7 Å². The molecule has 0 saturated heterocycles. The van der Waals surface area contributed by atoms with E-state index in [2.05, 4.69) is 48.9 Å². The molecular formula is C16H25N3. The fourth-order valence-electron chi connectivity index (χ4n) is 2.56. The quantitative estimate of drug-likeness (QED) is 0.830. The summed E-state index contributed by atoms with van der Waals surface area (Å²) in [5.74, 6) is 1.06. The van der Waals surface area contributed by atoms with Crippen molar-refractivity contribution in [1.29, 1.82) is 0 Å². The molecule has 2 rings (SSSR count). The first kappa shape index (κ1) is 14.1. The highest BCUT2D eigenvalue weighted by molar-refractivity contribution is 5.45. The lowest BCUT2D eigenvalue weighted by atomic mass is 9.83. The summed E-state index contributed by atoms with van der Waals surface area (Å²) in [7, 11) is 0. The average Bonchev–Trinajstić information content (AvgIpc) is 2.37. The van der Waals surface area contributed by atoms with Gasteiger partial charge >= 0.3 is 0 Å². The lowest BCUT2D eigenvalue weighted by molar-refractivity contribution is 0.472. The van der Waals surface area contributed by atoms with Crippen molar-refractivity contribution in [3.8, 4) is 0 Å². The number of rotatable bonds is 2. The molecule has 2 heterocycles. The fraction of sp³-hybridized carbons (Fsp3) is 0.562. The van der Waals surface area contributed by atoms with Gasteiger partial charge in [0.15, 0.2) is 0 Å². The third-order valence-electron chi connectivity index (χ3n) is 3.73. The largest absolute Gasteiger partial charge is 0.353 e. The van der Waals surface area contributed by atoms with Crippen molar-refractivity contribution in [1.82, 2.24) is 4.98 Å². The summed E-state index contributed by atoms with van der Waals surface area (Å²) < 4.78 is 0. The maximum atomic E-state index is 5.74. The summed E-state index contributed by atoms with van der Waals surface area (Å²) in [6, 6.07) is 4.17. The molecule has 0 aromatic carbocycles. The fourth-order valence-corrected chi connectivity index (χ4v) is 2.56. The molecule has 3 heteroatoms. The molecule has 0 saturated carbocycles. The number of aromatic nitrogens is 1. The predicted molar refractivity (Wildman–Crippen MR) is 81.2 cm³/mol. The van der Waals surface area contributed by atoms with E-state index in [-0.39, 0.29) is 5.41 Å². The van der Waals surface area contributed by atoms with Gasteiger partial charge in [0.05, 0.1) is 0 Å². The highest BCUT2D eigenvalue weighted by Gasteiger charge is 2.21. The monoisotopic (exact) mass is 259 g/mol. The van der Waals surface area contributed by atoms with Crippen LogP contribution < -0.4 is 10.6 Å². The second-order valence-electron chi connectivity index (χ2n) is 6.35. The Hall–Kier alpha value is -1.35. The molecule has 1 aromatic heterocycles. The lowest BCUT2D eigenvalue weighted by Gasteiger charge is -2.33. The number of nitrogens with two attached hydrogens (primary N) is 1. The Bertz CT molecular complexity index is 483. The van der Waals surface area contributed by atoms with Crippen LogP contribution in [0.15, 0.2) is 23.8 Å². The minimum Gasteiger partial charge on any atom is -0.353 e. The minimum atomic E-state index is 0.286. The molecule has 19 heavy (non-hydrogen) atoms. The highest BCUT2D eigenvalue weighted by Crippen LogP contribution is 2.31. The number of hydrogen-bond donors (Lipinski definition) is 1. The predicted octanol–water partition coefficient (Wildman–Crippen LogP) is 3.03. The van der Waals surface area contributed by atoms with Crippen LogP contribution in [0.3, 0.4) is 0 Å². The van der Waals surface area contributed by atoms with Crippen molar-refractivity contribution in [2.75, 3.05) is 18.0 Å². The Labute approximate surface area is 116 Å². The van der Waals surface area contributed by atoms with E-state index in [9.17, 15) is 0 Å². The summed E-state index contributed by atoms with van der Waals surface area (Å²) in [6.45, 7) is 11.5. The first-order valence-corrected chi connectivity index (χ1v) is 7.02. The second kappa shape index (κ2) is 5.33. The van der Waals surface area contributed by atoms with Crippen molar-refractivity contribution in [3.05, 3.63) is 35.0 Å². The van der Waals surface area contributed by atoms with Gasteiger partial charge in [-0.05, 0) is 36.5 Å². The zero-order valence-electron chi connectivity index (χ0n) is 12.5. The van der Waals surface area contributed by atoms with Gasteiger partial charge in [0.2, 0.25) is 0 Å². The van der Waals surface area contributed by atoms with E-state index in [1.807, 2.05) is 6.92 Å². The Morgan fingerprint density at radius 2 is 2.05 bits per heavy atom. The number of pyridine rings is 1. The Morgan fingerprint density at radius 1 is 1.32 bits per heavy atom. The molecule has 1 aliphatic rings. The van der Waals surface area contributed by atoms with Crippen LogP contribution in [0.1, 0.15) is 38.4 Å². The number of anilines is 1. The molecule has 0 atom stereocenters. The molecule has 1 aliphatic heterocycles. The van der Waals surface area contributed by atoms with Gasteiger partial charge < -0.3 is 10.6 Å². The standard InChI is InChI=1S/C16H25N3/c1-12-9-13(11-17)10-15(18-12)19-7-5-14(6-8-19)16(2,3)4/h5,9-10H,6-8,11,17H2,1-4H3. The number of aryl methyl sites for hydroxylation is 1. The van der Waals surface area contributed by atoms with Gasteiger partial charge in [0, 0.05) is 25.3 Å². The normalized spacial score (nSPS) is 16.5. The van der Waals surface area contributed by atoms with E-state index in [1.165, 1.54) is 0 Å². The molecule has 2 N–H and O–H groups in total. The average molecular weight is 259 g/mol. The van der Waals surface area contributed by atoms with E-state index < -0.39 is 0 Å². The van der Waals surface area contributed by atoms with Crippen LogP contribution in [0, 0.1) is 12.3 Å². The molecule has 1 aromatic rings. The van der Waals surface area contributed by atoms with Crippen LogP contribution in [-0.4, -0.2) is 18.1 Å². The van der Waals surface area contributed by atoms with Gasteiger partial charge in [0.1, 0.15) is 5.82 Å². The Balaban J connectivity index is 2.18. The van der Waals surface area contributed by atoms with E-state index in [1.54, 1.807) is 5.57 Å². The van der Waals surface area contributed by atoms with Crippen LogP contribution >= 0.6 is 0 Å². The van der Waals surface area contributed by atoms with Crippen LogP contribution in [0.5, 0.6) is 0 Å². The second-order valence-corrected chi connectivity index (χ2v) is 6.35. The zero-order chi connectivity index (χ0) is 14.0. The Morgan fingerprint density at radius 3 is 2.58 bits per heavy atom. The summed E-state index contributed by atoms with van der Waals surface area (Å²) in [6.07, 6.45) is 3.48. The van der Waals surface area contributed by atoms with Crippen molar-refractivity contribution >= 4 is 5.82 Å².